The van der Waals surface area contributed by atoms with E-state index in [1.807, 2.05) is 0 Å². The van der Waals surface area contributed by atoms with E-state index in [-0.39, 0.29) is 19.0 Å². The highest BCUT2D eigenvalue weighted by Gasteiger charge is 2.24. The fourth-order valence-electron chi connectivity index (χ4n) is 6.71. The van der Waals surface area contributed by atoms with E-state index in [1.165, 1.54) is 154 Å². The second-order valence-electron chi connectivity index (χ2n) is 15.5. The van der Waals surface area contributed by atoms with E-state index in [2.05, 4.69) is 30.5 Å². The van der Waals surface area contributed by atoms with Gasteiger partial charge in [0.15, 0.2) is 6.10 Å². The number of hydrogen-bond donors (Lipinski definition) is 1. The first kappa shape index (κ1) is 52.8. The summed E-state index contributed by atoms with van der Waals surface area (Å²) in [5.74, 6) is -0.800. The zero-order chi connectivity index (χ0) is 39.6. The van der Waals surface area contributed by atoms with Crippen molar-refractivity contribution in [3.8, 4) is 0 Å². The first-order chi connectivity index (χ1) is 26.3. The molecule has 0 aliphatic carbocycles. The Balaban J connectivity index is 3.89. The Morgan fingerprint density at radius 2 is 0.833 bits per heavy atom. The van der Waals surface area contributed by atoms with Crippen molar-refractivity contribution >= 4 is 19.8 Å². The molecule has 9 heteroatoms. The number of rotatable bonds is 43. The zero-order valence-corrected chi connectivity index (χ0v) is 36.5. The van der Waals surface area contributed by atoms with Gasteiger partial charge in [0.25, 0.3) is 0 Å². The maximum absolute atomic E-state index is 12.5. The normalized spacial score (nSPS) is 13.3. The minimum Gasteiger partial charge on any atom is -0.462 e. The molecule has 1 N–H and O–H groups in total. The van der Waals surface area contributed by atoms with E-state index in [0.29, 0.717) is 12.8 Å². The summed E-state index contributed by atoms with van der Waals surface area (Å²) in [7, 11) is -3.19. The first-order valence-corrected chi connectivity index (χ1v) is 24.4. The molecule has 0 saturated carbocycles. The van der Waals surface area contributed by atoms with Gasteiger partial charge in [0.1, 0.15) is 6.61 Å². The second-order valence-corrected chi connectivity index (χ2v) is 17.1. The van der Waals surface area contributed by atoms with Crippen molar-refractivity contribution in [2.24, 2.45) is 0 Å². The summed E-state index contributed by atoms with van der Waals surface area (Å²) in [4.78, 5) is 34.5. The SMILES string of the molecule is CCCCCCC/C=C\CCCCCCCC(=O)OC(COC(=O)CCCCCCCCCCCCCCCCCCCCCCC)COP(=O)(O)OC. The van der Waals surface area contributed by atoms with Gasteiger partial charge >= 0.3 is 19.8 Å². The molecule has 0 heterocycles. The van der Waals surface area contributed by atoms with Crippen LogP contribution >= 0.6 is 7.82 Å². The second kappa shape index (κ2) is 41.4. The molecule has 0 aromatic carbocycles. The molecule has 0 rings (SSSR count). The number of allylic oxidation sites excluding steroid dienone is 2. The Kier molecular flexibility index (Phi) is 40.5. The Hall–Kier alpha value is -1.21. The van der Waals surface area contributed by atoms with Crippen LogP contribution < -0.4 is 0 Å². The van der Waals surface area contributed by atoms with Gasteiger partial charge in [-0.2, -0.15) is 0 Å². The molecule has 8 nitrogen and oxygen atoms in total. The molecule has 0 fully saturated rings. The average Bonchev–Trinajstić information content (AvgIpc) is 3.16. The van der Waals surface area contributed by atoms with Gasteiger partial charge in [-0.25, -0.2) is 4.57 Å². The van der Waals surface area contributed by atoms with Crippen LogP contribution in [0.15, 0.2) is 12.2 Å². The maximum atomic E-state index is 12.5. The topological polar surface area (TPSA) is 108 Å². The lowest BCUT2D eigenvalue weighted by molar-refractivity contribution is -0.161. The molecule has 0 spiro atoms. The number of carbonyl (C=O) groups is 2. The fourth-order valence-corrected chi connectivity index (χ4v) is 7.17. The van der Waals surface area contributed by atoms with Crippen LogP contribution in [-0.2, 0) is 32.7 Å². The Morgan fingerprint density at radius 3 is 1.20 bits per heavy atom. The van der Waals surface area contributed by atoms with Gasteiger partial charge in [-0.1, -0.05) is 199 Å². The lowest BCUT2D eigenvalue weighted by Gasteiger charge is -2.19. The predicted octanol–water partition coefficient (Wildman–Crippen LogP) is 14.5. The summed E-state index contributed by atoms with van der Waals surface area (Å²) < 4.78 is 32.0. The van der Waals surface area contributed by atoms with E-state index < -0.39 is 26.5 Å². The van der Waals surface area contributed by atoms with Gasteiger partial charge in [0.2, 0.25) is 0 Å². The molecule has 320 valence electrons. The number of carbonyl (C=O) groups excluding carboxylic acids is 2. The minimum absolute atomic E-state index is 0.222. The molecular formula is C45H87O8P. The van der Waals surface area contributed by atoms with Crippen molar-refractivity contribution < 1.29 is 37.6 Å². The summed E-state index contributed by atoms with van der Waals surface area (Å²) in [5.41, 5.74) is 0. The van der Waals surface area contributed by atoms with Crippen molar-refractivity contribution in [3.05, 3.63) is 12.2 Å². The third-order valence-corrected chi connectivity index (χ3v) is 11.2. The van der Waals surface area contributed by atoms with E-state index in [4.69, 9.17) is 14.0 Å². The molecule has 0 aromatic rings. The molecule has 0 aliphatic heterocycles. The summed E-state index contributed by atoms with van der Waals surface area (Å²) in [6, 6.07) is 0. The summed E-state index contributed by atoms with van der Waals surface area (Å²) in [6.45, 7) is 3.90. The Bertz CT molecular complexity index is 895. The van der Waals surface area contributed by atoms with E-state index >= 15 is 0 Å². The third-order valence-electron chi connectivity index (χ3n) is 10.3. The Morgan fingerprint density at radius 1 is 0.500 bits per heavy atom. The van der Waals surface area contributed by atoms with Crippen LogP contribution in [0.4, 0.5) is 0 Å². The average molecular weight is 787 g/mol. The largest absolute Gasteiger partial charge is 0.472 e. The smallest absolute Gasteiger partial charge is 0.462 e. The van der Waals surface area contributed by atoms with Gasteiger partial charge < -0.3 is 14.4 Å². The van der Waals surface area contributed by atoms with Crippen LogP contribution in [0.1, 0.15) is 239 Å². The molecule has 0 aliphatic rings. The molecule has 0 aromatic heterocycles. The molecule has 0 radical (unpaired) electrons. The van der Waals surface area contributed by atoms with Crippen LogP contribution in [0.2, 0.25) is 0 Å². The first-order valence-electron chi connectivity index (χ1n) is 22.9. The number of ether oxygens (including phenoxy) is 2. The number of unbranched alkanes of at least 4 members (excludes halogenated alkanes) is 30. The number of phosphoric ester groups is 1. The molecule has 0 bridgehead atoms. The van der Waals surface area contributed by atoms with E-state index in [9.17, 15) is 19.0 Å². The van der Waals surface area contributed by atoms with Gasteiger partial charge in [-0.3, -0.25) is 18.6 Å². The van der Waals surface area contributed by atoms with Crippen molar-refractivity contribution in [3.63, 3.8) is 0 Å². The van der Waals surface area contributed by atoms with E-state index in [1.54, 1.807) is 0 Å². The molecule has 2 atom stereocenters. The third kappa shape index (κ3) is 40.5. The maximum Gasteiger partial charge on any atom is 0.472 e. The van der Waals surface area contributed by atoms with Gasteiger partial charge in [0.05, 0.1) is 6.61 Å². The molecule has 2 unspecified atom stereocenters. The van der Waals surface area contributed by atoms with Crippen LogP contribution in [0.25, 0.3) is 0 Å². The fraction of sp³-hybridized carbons (Fsp3) is 0.911. The van der Waals surface area contributed by atoms with Crippen LogP contribution in [0.5, 0.6) is 0 Å². The summed E-state index contributed by atoms with van der Waals surface area (Å²) >= 11 is 0. The highest BCUT2D eigenvalue weighted by atomic mass is 31.2. The van der Waals surface area contributed by atoms with Crippen LogP contribution in [-0.4, -0.2) is 43.3 Å². The highest BCUT2D eigenvalue weighted by molar-refractivity contribution is 7.47. The number of phosphoric acid groups is 1. The molecular weight excluding hydrogens is 699 g/mol. The standard InChI is InChI=1S/C45H87O8P/c1-4-6-8-10-12-14-16-18-20-21-22-23-24-25-26-28-29-31-33-35-37-39-44(46)51-41-43(42-52-54(48,49)50-3)53-45(47)40-38-36-34-32-30-27-19-17-15-13-11-9-7-5-2/h17,19,43H,4-16,18,20-42H2,1-3H3,(H,48,49)/b19-17-. The number of hydrogen-bond acceptors (Lipinski definition) is 7. The quantitative estimate of drug-likeness (QED) is 0.0282. The summed E-state index contributed by atoms with van der Waals surface area (Å²) in [6.07, 6.45) is 45.6. The highest BCUT2D eigenvalue weighted by Crippen LogP contribution is 2.42. The van der Waals surface area contributed by atoms with Crippen molar-refractivity contribution in [1.82, 2.24) is 0 Å². The van der Waals surface area contributed by atoms with Gasteiger partial charge in [-0.05, 0) is 38.5 Å². The number of esters is 2. The predicted molar refractivity (Wildman–Crippen MR) is 226 cm³/mol. The zero-order valence-electron chi connectivity index (χ0n) is 35.6. The van der Waals surface area contributed by atoms with Crippen molar-refractivity contribution in [1.29, 1.82) is 0 Å². The van der Waals surface area contributed by atoms with Crippen molar-refractivity contribution in [2.45, 2.75) is 245 Å². The lowest BCUT2D eigenvalue weighted by Crippen LogP contribution is -2.29. The van der Waals surface area contributed by atoms with Gasteiger partial charge in [-0.15, -0.1) is 0 Å². The van der Waals surface area contributed by atoms with Gasteiger partial charge in [0, 0.05) is 20.0 Å². The van der Waals surface area contributed by atoms with Crippen LogP contribution in [0.3, 0.4) is 0 Å². The lowest BCUT2D eigenvalue weighted by atomic mass is 10.0. The molecule has 54 heavy (non-hydrogen) atoms. The van der Waals surface area contributed by atoms with Crippen LogP contribution in [0, 0.1) is 0 Å². The van der Waals surface area contributed by atoms with Crippen molar-refractivity contribution in [2.75, 3.05) is 20.3 Å². The Labute approximate surface area is 333 Å². The van der Waals surface area contributed by atoms with E-state index in [0.717, 1.165) is 58.5 Å². The monoisotopic (exact) mass is 787 g/mol. The molecule has 0 saturated heterocycles. The minimum atomic E-state index is -4.26. The summed E-state index contributed by atoms with van der Waals surface area (Å²) in [5, 5.41) is 0. The molecule has 0 amide bonds.